The van der Waals surface area contributed by atoms with Gasteiger partial charge in [0.2, 0.25) is 0 Å². The normalized spacial score (nSPS) is 11.5. The van der Waals surface area contributed by atoms with Crippen LogP contribution < -0.4 is 0 Å². The van der Waals surface area contributed by atoms with Crippen molar-refractivity contribution < 1.29 is 4.42 Å². The van der Waals surface area contributed by atoms with Crippen molar-refractivity contribution in [2.24, 2.45) is 0 Å². The molecule has 2 nitrogen and oxygen atoms in total. The lowest BCUT2D eigenvalue weighted by Gasteiger charge is -1.87. The Hall–Kier alpha value is -1.57. The summed E-state index contributed by atoms with van der Waals surface area (Å²) in [5.41, 5.74) is 2.88. The highest BCUT2D eigenvalue weighted by Gasteiger charge is 2.07. The third-order valence-corrected chi connectivity index (χ3v) is 2.00. The number of hydrogen-bond donors (Lipinski definition) is 0. The maximum absolute atomic E-state index is 5.54. The van der Waals surface area contributed by atoms with Gasteiger partial charge in [0.05, 0.1) is 0 Å². The van der Waals surface area contributed by atoms with Gasteiger partial charge in [-0.25, -0.2) is 0 Å². The van der Waals surface area contributed by atoms with Crippen LogP contribution in [0.3, 0.4) is 0 Å². The van der Waals surface area contributed by atoms with Crippen LogP contribution in [0.2, 0.25) is 0 Å². The Morgan fingerprint density at radius 2 is 2.31 bits per heavy atom. The molecule has 0 aliphatic heterocycles. The van der Waals surface area contributed by atoms with E-state index < -0.39 is 0 Å². The minimum Gasteiger partial charge on any atom is -0.459 e. The zero-order valence-corrected chi connectivity index (χ0v) is 7.74. The van der Waals surface area contributed by atoms with Crippen LogP contribution in [0.5, 0.6) is 0 Å². The minimum atomic E-state index is 0.855. The van der Waals surface area contributed by atoms with Gasteiger partial charge in [-0.2, -0.15) is 0 Å². The summed E-state index contributed by atoms with van der Waals surface area (Å²) in [7, 11) is 0. The number of fused-ring (bicyclic) bond motifs is 1. The highest BCUT2D eigenvalue weighted by molar-refractivity contribution is 5.84. The van der Waals surface area contributed by atoms with E-state index in [1.807, 2.05) is 38.1 Å². The number of hydrogen-bond acceptors (Lipinski definition) is 2. The number of pyridine rings is 1. The van der Waals surface area contributed by atoms with Gasteiger partial charge in [0.1, 0.15) is 11.3 Å². The zero-order chi connectivity index (χ0) is 9.26. The third-order valence-electron chi connectivity index (χ3n) is 2.00. The van der Waals surface area contributed by atoms with Crippen LogP contribution >= 0.6 is 0 Å². The van der Waals surface area contributed by atoms with Gasteiger partial charge >= 0.3 is 0 Å². The van der Waals surface area contributed by atoms with Gasteiger partial charge in [0.15, 0.2) is 5.58 Å². The van der Waals surface area contributed by atoms with Gasteiger partial charge in [-0.3, -0.25) is 4.98 Å². The molecule has 66 valence electrons. The summed E-state index contributed by atoms with van der Waals surface area (Å²) >= 11 is 0. The highest BCUT2D eigenvalue weighted by Crippen LogP contribution is 2.23. The molecule has 0 atom stereocenters. The monoisotopic (exact) mass is 173 g/mol. The molecule has 0 spiro atoms. The second-order valence-electron chi connectivity index (χ2n) is 2.92. The summed E-state index contributed by atoms with van der Waals surface area (Å²) in [6, 6.07) is 3.81. The first-order valence-corrected chi connectivity index (χ1v) is 4.29. The molecule has 2 heterocycles. The van der Waals surface area contributed by atoms with Crippen molar-refractivity contribution in [1.82, 2.24) is 4.98 Å². The van der Waals surface area contributed by atoms with Crippen molar-refractivity contribution in [1.29, 1.82) is 0 Å². The number of furan rings is 1. The van der Waals surface area contributed by atoms with Gasteiger partial charge in [-0.1, -0.05) is 12.2 Å². The van der Waals surface area contributed by atoms with Crippen molar-refractivity contribution in [3.05, 3.63) is 35.7 Å². The number of nitrogens with zero attached hydrogens (tertiary/aromatic N) is 1. The van der Waals surface area contributed by atoms with E-state index in [1.165, 1.54) is 0 Å². The van der Waals surface area contributed by atoms with E-state index in [2.05, 4.69) is 4.98 Å². The molecule has 0 amide bonds. The first-order chi connectivity index (χ1) is 6.33. The fraction of sp³-hybridized carbons (Fsp3) is 0.182. The molecule has 0 aliphatic carbocycles. The van der Waals surface area contributed by atoms with Crippen LogP contribution in [-0.2, 0) is 0 Å². The fourth-order valence-corrected chi connectivity index (χ4v) is 1.42. The summed E-state index contributed by atoms with van der Waals surface area (Å²) in [5, 5.41) is 0. The van der Waals surface area contributed by atoms with Gasteiger partial charge < -0.3 is 4.42 Å². The molecule has 0 bridgehead atoms. The largest absolute Gasteiger partial charge is 0.459 e. The number of aryl methyl sites for hydroxylation is 1. The van der Waals surface area contributed by atoms with Crippen molar-refractivity contribution in [3.63, 3.8) is 0 Å². The van der Waals surface area contributed by atoms with Crippen LogP contribution in [0.25, 0.3) is 17.2 Å². The average molecular weight is 173 g/mol. The molecule has 2 heteroatoms. The predicted molar refractivity (Wildman–Crippen MR) is 53.5 cm³/mol. The Morgan fingerprint density at radius 1 is 1.46 bits per heavy atom. The van der Waals surface area contributed by atoms with Crippen LogP contribution in [0, 0.1) is 6.92 Å². The van der Waals surface area contributed by atoms with E-state index in [0.717, 1.165) is 22.4 Å². The van der Waals surface area contributed by atoms with Crippen LogP contribution in [0.4, 0.5) is 0 Å². The molecule has 0 saturated carbocycles. The van der Waals surface area contributed by atoms with Crippen molar-refractivity contribution in [3.8, 4) is 0 Å². The minimum absolute atomic E-state index is 0.855. The third kappa shape index (κ3) is 1.24. The Morgan fingerprint density at radius 3 is 3.08 bits per heavy atom. The number of allylic oxidation sites excluding steroid dienone is 1. The first-order valence-electron chi connectivity index (χ1n) is 4.29. The highest BCUT2D eigenvalue weighted by atomic mass is 16.3. The molecule has 2 aromatic heterocycles. The summed E-state index contributed by atoms with van der Waals surface area (Å²) < 4.78 is 5.54. The standard InChI is InChI=1S/C11H11NO/c1-3-5-9-8(2)13-10-6-4-7-12-11(9)10/h3-7H,1-2H3/b5-3-. The molecule has 0 aromatic carbocycles. The maximum Gasteiger partial charge on any atom is 0.153 e. The van der Waals surface area contributed by atoms with E-state index in [9.17, 15) is 0 Å². The lowest BCUT2D eigenvalue weighted by Crippen LogP contribution is -1.75. The smallest absolute Gasteiger partial charge is 0.153 e. The second-order valence-corrected chi connectivity index (χ2v) is 2.92. The molecule has 0 N–H and O–H groups in total. The fourth-order valence-electron chi connectivity index (χ4n) is 1.42. The summed E-state index contributed by atoms with van der Waals surface area (Å²) in [4.78, 5) is 4.28. The van der Waals surface area contributed by atoms with Crippen LogP contribution in [0.1, 0.15) is 18.2 Å². The zero-order valence-electron chi connectivity index (χ0n) is 7.74. The second kappa shape index (κ2) is 3.05. The number of aromatic nitrogens is 1. The molecule has 0 unspecified atom stereocenters. The van der Waals surface area contributed by atoms with Crippen LogP contribution in [-0.4, -0.2) is 4.98 Å². The summed E-state index contributed by atoms with van der Waals surface area (Å²) in [5.74, 6) is 0.923. The van der Waals surface area contributed by atoms with E-state index in [4.69, 9.17) is 4.42 Å². The summed E-state index contributed by atoms with van der Waals surface area (Å²) in [6.45, 7) is 3.94. The van der Waals surface area contributed by atoms with Crippen molar-refractivity contribution >= 4 is 17.2 Å². The molecule has 0 saturated heterocycles. The van der Waals surface area contributed by atoms with Crippen molar-refractivity contribution in [2.75, 3.05) is 0 Å². The van der Waals surface area contributed by atoms with E-state index in [-0.39, 0.29) is 0 Å². The first kappa shape index (κ1) is 8.05. The van der Waals surface area contributed by atoms with Gasteiger partial charge in [0.25, 0.3) is 0 Å². The lowest BCUT2D eigenvalue weighted by molar-refractivity contribution is 0.577. The van der Waals surface area contributed by atoms with E-state index in [1.54, 1.807) is 6.20 Å². The molecule has 13 heavy (non-hydrogen) atoms. The Bertz CT molecular complexity index is 454. The van der Waals surface area contributed by atoms with Gasteiger partial charge in [-0.15, -0.1) is 0 Å². The maximum atomic E-state index is 5.54. The molecule has 2 aromatic rings. The quantitative estimate of drug-likeness (QED) is 0.662. The molecular formula is C11H11NO. The van der Waals surface area contributed by atoms with E-state index in [0.29, 0.717) is 0 Å². The molecule has 0 fully saturated rings. The van der Waals surface area contributed by atoms with Crippen molar-refractivity contribution in [2.45, 2.75) is 13.8 Å². The molecule has 0 radical (unpaired) electrons. The topological polar surface area (TPSA) is 26.0 Å². The Balaban J connectivity index is 2.78. The van der Waals surface area contributed by atoms with E-state index >= 15 is 0 Å². The molecule has 0 aliphatic rings. The van der Waals surface area contributed by atoms with Crippen LogP contribution in [0.15, 0.2) is 28.8 Å². The predicted octanol–water partition coefficient (Wildman–Crippen LogP) is 3.17. The average Bonchev–Trinajstić information content (AvgIpc) is 2.44. The summed E-state index contributed by atoms with van der Waals surface area (Å²) in [6.07, 6.45) is 5.80. The number of rotatable bonds is 1. The Labute approximate surface area is 76.9 Å². The lowest BCUT2D eigenvalue weighted by atomic mass is 10.2. The SMILES string of the molecule is C/C=C\c1c(C)oc2cccnc12. The molecular weight excluding hydrogens is 162 g/mol. The molecule has 2 rings (SSSR count). The van der Waals surface area contributed by atoms with Gasteiger partial charge in [0, 0.05) is 11.8 Å². The Kier molecular flexibility index (Phi) is 1.89. The van der Waals surface area contributed by atoms with Gasteiger partial charge in [-0.05, 0) is 26.0 Å².